The normalized spacial score (nSPS) is 11.2. The molecule has 0 bridgehead atoms. The predicted octanol–water partition coefficient (Wildman–Crippen LogP) is 4.61. The lowest BCUT2D eigenvalue weighted by molar-refractivity contribution is -0.123. The Balaban J connectivity index is 1.48. The first-order chi connectivity index (χ1) is 17.4. The molecule has 36 heavy (non-hydrogen) atoms. The van der Waals surface area contributed by atoms with Gasteiger partial charge in [-0.05, 0) is 50.2 Å². The number of carbonyl (C=O) groups is 1. The summed E-state index contributed by atoms with van der Waals surface area (Å²) in [6, 6.07) is 15.0. The highest BCUT2D eigenvalue weighted by molar-refractivity contribution is 6.38. The van der Waals surface area contributed by atoms with Crippen LogP contribution in [0.1, 0.15) is 13.8 Å². The standard InChI is InChI=1S/C25H24ClN7O3/c1-14(2)28-22(34)13-36-20-10-11-21(30-25(20)35-3)33-19-7-5-4-6-15(19)24(32-33)29-18-9-8-17-16(23(18)26)12-27-31-17/h4-12,14H,13H2,1-3H3,(H,27,31)(H,28,34)(H,29,32). The van der Waals surface area contributed by atoms with E-state index < -0.39 is 0 Å². The smallest absolute Gasteiger partial charge is 0.258 e. The second kappa shape index (κ2) is 9.74. The number of H-pyrrole nitrogens is 1. The summed E-state index contributed by atoms with van der Waals surface area (Å²) >= 11 is 6.62. The number of pyridine rings is 1. The van der Waals surface area contributed by atoms with Crippen molar-refractivity contribution in [3.8, 4) is 17.4 Å². The molecule has 5 aromatic rings. The Labute approximate surface area is 211 Å². The minimum atomic E-state index is -0.225. The number of nitrogens with zero attached hydrogens (tertiary/aromatic N) is 4. The highest BCUT2D eigenvalue weighted by Crippen LogP contribution is 2.35. The minimum absolute atomic E-state index is 0.0240. The van der Waals surface area contributed by atoms with E-state index in [4.69, 9.17) is 26.2 Å². The summed E-state index contributed by atoms with van der Waals surface area (Å²) in [5.74, 6) is 1.51. The van der Waals surface area contributed by atoms with Gasteiger partial charge in [0.25, 0.3) is 11.8 Å². The zero-order valence-corrected chi connectivity index (χ0v) is 20.6. The van der Waals surface area contributed by atoms with E-state index in [0.717, 1.165) is 21.8 Å². The number of halogens is 1. The highest BCUT2D eigenvalue weighted by atomic mass is 35.5. The molecule has 184 valence electrons. The average Bonchev–Trinajstić information content (AvgIpc) is 3.50. The second-order valence-electron chi connectivity index (χ2n) is 8.35. The van der Waals surface area contributed by atoms with Crippen molar-refractivity contribution in [1.29, 1.82) is 0 Å². The van der Waals surface area contributed by atoms with Gasteiger partial charge in [0.15, 0.2) is 24.0 Å². The van der Waals surface area contributed by atoms with Crippen molar-refractivity contribution in [3.63, 3.8) is 0 Å². The first kappa shape index (κ1) is 23.4. The molecule has 0 aliphatic heterocycles. The van der Waals surface area contributed by atoms with Gasteiger partial charge in [0, 0.05) is 16.8 Å². The molecule has 0 radical (unpaired) electrons. The molecule has 0 atom stereocenters. The van der Waals surface area contributed by atoms with Gasteiger partial charge < -0.3 is 20.1 Å². The van der Waals surface area contributed by atoms with E-state index in [1.165, 1.54) is 7.11 Å². The zero-order chi connectivity index (χ0) is 25.2. The third kappa shape index (κ3) is 4.50. The fourth-order valence-corrected chi connectivity index (χ4v) is 4.10. The maximum Gasteiger partial charge on any atom is 0.258 e. The molecule has 0 aliphatic carbocycles. The fourth-order valence-electron chi connectivity index (χ4n) is 3.84. The molecule has 3 aromatic heterocycles. The van der Waals surface area contributed by atoms with Crippen molar-refractivity contribution in [1.82, 2.24) is 30.3 Å². The SMILES string of the molecule is COc1nc(-n2nc(Nc3ccc4[nH]ncc4c3Cl)c3ccccc32)ccc1OCC(=O)NC(C)C. The lowest BCUT2D eigenvalue weighted by atomic mass is 10.2. The van der Waals surface area contributed by atoms with Crippen molar-refractivity contribution in [2.24, 2.45) is 0 Å². The summed E-state index contributed by atoms with van der Waals surface area (Å²) in [6.45, 7) is 3.63. The van der Waals surface area contributed by atoms with Gasteiger partial charge in [-0.3, -0.25) is 9.89 Å². The van der Waals surface area contributed by atoms with Crippen LogP contribution in [0.3, 0.4) is 0 Å². The topological polar surface area (TPSA) is 119 Å². The maximum absolute atomic E-state index is 12.0. The van der Waals surface area contributed by atoms with E-state index in [1.54, 1.807) is 23.0 Å². The lowest BCUT2D eigenvalue weighted by Gasteiger charge is -2.12. The second-order valence-corrected chi connectivity index (χ2v) is 8.73. The zero-order valence-electron chi connectivity index (χ0n) is 19.9. The highest BCUT2D eigenvalue weighted by Gasteiger charge is 2.17. The van der Waals surface area contributed by atoms with E-state index in [9.17, 15) is 4.79 Å². The van der Waals surface area contributed by atoms with Crippen LogP contribution in [0.2, 0.25) is 5.02 Å². The number of anilines is 2. The van der Waals surface area contributed by atoms with Crippen molar-refractivity contribution < 1.29 is 14.3 Å². The molecule has 11 heteroatoms. The number of methoxy groups -OCH3 is 1. The quantitative estimate of drug-likeness (QED) is 0.282. The Morgan fingerprint density at radius 2 is 1.97 bits per heavy atom. The number of para-hydroxylation sites is 1. The number of aromatic amines is 1. The number of carbonyl (C=O) groups excluding carboxylic acids is 1. The van der Waals surface area contributed by atoms with Crippen LogP contribution in [0.4, 0.5) is 11.5 Å². The molecule has 10 nitrogen and oxygen atoms in total. The van der Waals surface area contributed by atoms with Gasteiger partial charge in [-0.25, -0.2) is 4.68 Å². The number of fused-ring (bicyclic) bond motifs is 2. The molecule has 0 aliphatic rings. The maximum atomic E-state index is 12.0. The first-order valence-electron chi connectivity index (χ1n) is 11.3. The van der Waals surface area contributed by atoms with Crippen LogP contribution in [-0.2, 0) is 4.79 Å². The molecule has 0 saturated carbocycles. The third-order valence-corrected chi connectivity index (χ3v) is 5.84. The van der Waals surface area contributed by atoms with Crippen molar-refractivity contribution in [3.05, 3.63) is 59.8 Å². The Morgan fingerprint density at radius 1 is 1.14 bits per heavy atom. The average molecular weight is 506 g/mol. The van der Waals surface area contributed by atoms with Crippen molar-refractivity contribution >= 4 is 50.8 Å². The summed E-state index contributed by atoms with van der Waals surface area (Å²) < 4.78 is 12.8. The summed E-state index contributed by atoms with van der Waals surface area (Å²) in [5.41, 5.74) is 2.39. The van der Waals surface area contributed by atoms with Gasteiger partial charge in [-0.15, -0.1) is 5.10 Å². The number of amides is 1. The van der Waals surface area contributed by atoms with Crippen molar-refractivity contribution in [2.45, 2.75) is 19.9 Å². The van der Waals surface area contributed by atoms with Gasteiger partial charge in [-0.2, -0.15) is 10.1 Å². The molecule has 1 amide bonds. The number of aromatic nitrogens is 5. The fraction of sp³-hybridized carbons (Fsp3) is 0.200. The van der Waals surface area contributed by atoms with Crippen LogP contribution in [-0.4, -0.2) is 50.6 Å². The monoisotopic (exact) mass is 505 g/mol. The van der Waals surface area contributed by atoms with Crippen molar-refractivity contribution in [2.75, 3.05) is 19.0 Å². The van der Waals surface area contributed by atoms with Gasteiger partial charge in [0.2, 0.25) is 0 Å². The van der Waals surface area contributed by atoms with Gasteiger partial charge >= 0.3 is 0 Å². The Bertz CT molecular complexity index is 1560. The predicted molar refractivity (Wildman–Crippen MR) is 139 cm³/mol. The molecule has 3 N–H and O–H groups in total. The third-order valence-electron chi connectivity index (χ3n) is 5.43. The molecule has 5 rings (SSSR count). The van der Waals surface area contributed by atoms with Crippen LogP contribution >= 0.6 is 11.6 Å². The summed E-state index contributed by atoms with van der Waals surface area (Å²) in [5, 5.41) is 20.1. The number of ether oxygens (including phenoxy) is 2. The summed E-state index contributed by atoms with van der Waals surface area (Å²) in [6.07, 6.45) is 1.69. The van der Waals surface area contributed by atoms with Crippen LogP contribution in [0.5, 0.6) is 11.6 Å². The van der Waals surface area contributed by atoms with E-state index in [0.29, 0.717) is 28.1 Å². The Kier molecular flexibility index (Phi) is 6.34. The summed E-state index contributed by atoms with van der Waals surface area (Å²) in [7, 11) is 1.50. The van der Waals surface area contributed by atoms with Gasteiger partial charge in [0.1, 0.15) is 0 Å². The number of nitrogens with one attached hydrogen (secondary N) is 3. The van der Waals surface area contributed by atoms with E-state index in [2.05, 4.69) is 25.8 Å². The number of rotatable bonds is 8. The first-order valence-corrected chi connectivity index (χ1v) is 11.7. The molecule has 3 heterocycles. The van der Waals surface area contributed by atoms with E-state index in [1.807, 2.05) is 50.2 Å². The molecular weight excluding hydrogens is 482 g/mol. The lowest BCUT2D eigenvalue weighted by Crippen LogP contribution is -2.34. The van der Waals surface area contributed by atoms with Crippen LogP contribution < -0.4 is 20.1 Å². The Morgan fingerprint density at radius 3 is 2.78 bits per heavy atom. The molecule has 2 aromatic carbocycles. The van der Waals surface area contributed by atoms with Crippen LogP contribution in [0, 0.1) is 0 Å². The molecule has 0 saturated heterocycles. The molecule has 0 spiro atoms. The molecule has 0 unspecified atom stereocenters. The molecular formula is C25H24ClN7O3. The van der Waals surface area contributed by atoms with E-state index >= 15 is 0 Å². The molecule has 0 fully saturated rings. The Hall–Kier alpha value is -4.31. The number of benzene rings is 2. The summed E-state index contributed by atoms with van der Waals surface area (Å²) in [4.78, 5) is 16.5. The van der Waals surface area contributed by atoms with Crippen LogP contribution in [0.15, 0.2) is 54.7 Å². The van der Waals surface area contributed by atoms with Crippen LogP contribution in [0.25, 0.3) is 27.6 Å². The minimum Gasteiger partial charge on any atom is -0.478 e. The number of hydrogen-bond acceptors (Lipinski definition) is 7. The van der Waals surface area contributed by atoms with Gasteiger partial charge in [-0.1, -0.05) is 23.7 Å². The number of hydrogen-bond donors (Lipinski definition) is 3. The largest absolute Gasteiger partial charge is 0.478 e. The van der Waals surface area contributed by atoms with Gasteiger partial charge in [0.05, 0.1) is 35.1 Å². The van der Waals surface area contributed by atoms with E-state index in [-0.39, 0.29) is 24.4 Å².